The third-order valence-corrected chi connectivity index (χ3v) is 4.70. The molecule has 0 N–H and O–H groups in total. The van der Waals surface area contributed by atoms with Crippen LogP contribution in [0.3, 0.4) is 0 Å². The second-order valence-corrected chi connectivity index (χ2v) is 6.32. The van der Waals surface area contributed by atoms with E-state index in [4.69, 9.17) is 4.74 Å². The Morgan fingerprint density at radius 3 is 2.57 bits per heavy atom. The molecule has 1 amide bonds. The summed E-state index contributed by atoms with van der Waals surface area (Å²) in [5.41, 5.74) is 0. The van der Waals surface area contributed by atoms with Crippen molar-refractivity contribution < 1.29 is 23.1 Å². The van der Waals surface area contributed by atoms with Crippen LogP contribution in [0.5, 0.6) is 0 Å². The molecule has 0 saturated carbocycles. The fourth-order valence-corrected chi connectivity index (χ4v) is 3.25. The van der Waals surface area contributed by atoms with Gasteiger partial charge in [0, 0.05) is 18.0 Å². The van der Waals surface area contributed by atoms with E-state index in [1.54, 1.807) is 11.8 Å². The van der Waals surface area contributed by atoms with Crippen LogP contribution in [0, 0.1) is 17.6 Å². The van der Waals surface area contributed by atoms with Crippen LogP contribution in [0.4, 0.5) is 8.78 Å². The van der Waals surface area contributed by atoms with Gasteiger partial charge in [-0.15, -0.1) is 11.8 Å². The first kappa shape index (κ1) is 17.7. The van der Waals surface area contributed by atoms with Gasteiger partial charge in [0.2, 0.25) is 5.91 Å². The Kier molecular flexibility index (Phi) is 6.38. The second-order valence-electron chi connectivity index (χ2n) is 5.27. The zero-order valence-corrected chi connectivity index (χ0v) is 13.7. The summed E-state index contributed by atoms with van der Waals surface area (Å²) in [6.07, 6.45) is 1.20. The van der Waals surface area contributed by atoms with Crippen LogP contribution in [0.1, 0.15) is 19.8 Å². The standard InChI is InChI=1S/C16H19F2NO3S/c1-2-22-16(21)11-5-7-19(8-6-11)15(20)10-23-12-3-4-13(17)14(18)9-12/h3-4,9,11H,2,5-8,10H2,1H3. The zero-order valence-electron chi connectivity index (χ0n) is 12.9. The van der Waals surface area contributed by atoms with Gasteiger partial charge in [-0.25, -0.2) is 8.78 Å². The number of carbonyl (C=O) groups is 2. The number of amides is 1. The number of halogens is 2. The molecule has 0 atom stereocenters. The Bertz CT molecular complexity index is 574. The molecule has 1 saturated heterocycles. The number of thioether (sulfide) groups is 1. The first-order chi connectivity index (χ1) is 11.0. The van der Waals surface area contributed by atoms with Crippen molar-refractivity contribution in [3.8, 4) is 0 Å². The van der Waals surface area contributed by atoms with Crippen LogP contribution in [-0.4, -0.2) is 42.2 Å². The number of hydrogen-bond donors (Lipinski definition) is 0. The predicted octanol–water partition coefficient (Wildman–Crippen LogP) is 2.86. The van der Waals surface area contributed by atoms with Crippen molar-refractivity contribution in [3.63, 3.8) is 0 Å². The molecule has 1 aromatic carbocycles. The molecule has 2 rings (SSSR count). The molecule has 0 unspecified atom stereocenters. The molecule has 1 fully saturated rings. The highest BCUT2D eigenvalue weighted by atomic mass is 32.2. The van der Waals surface area contributed by atoms with Gasteiger partial charge in [-0.1, -0.05) is 0 Å². The smallest absolute Gasteiger partial charge is 0.309 e. The van der Waals surface area contributed by atoms with Crippen LogP contribution in [0.15, 0.2) is 23.1 Å². The fourth-order valence-electron chi connectivity index (χ4n) is 2.43. The first-order valence-corrected chi connectivity index (χ1v) is 8.52. The largest absolute Gasteiger partial charge is 0.466 e. The van der Waals surface area contributed by atoms with Crippen molar-refractivity contribution in [1.29, 1.82) is 0 Å². The van der Waals surface area contributed by atoms with Crippen LogP contribution in [-0.2, 0) is 14.3 Å². The quantitative estimate of drug-likeness (QED) is 0.609. The number of carbonyl (C=O) groups excluding carboxylic acids is 2. The summed E-state index contributed by atoms with van der Waals surface area (Å²) in [7, 11) is 0. The summed E-state index contributed by atoms with van der Waals surface area (Å²) in [6, 6.07) is 3.58. The summed E-state index contributed by atoms with van der Waals surface area (Å²) in [4.78, 5) is 26.0. The average molecular weight is 343 g/mol. The maximum atomic E-state index is 13.1. The van der Waals surface area contributed by atoms with Crippen molar-refractivity contribution in [3.05, 3.63) is 29.8 Å². The molecular weight excluding hydrogens is 324 g/mol. The van der Waals surface area contributed by atoms with Gasteiger partial charge in [0.05, 0.1) is 18.3 Å². The van der Waals surface area contributed by atoms with Crippen molar-refractivity contribution in [2.75, 3.05) is 25.4 Å². The van der Waals surface area contributed by atoms with Crippen LogP contribution in [0.25, 0.3) is 0 Å². The van der Waals surface area contributed by atoms with Gasteiger partial charge in [-0.3, -0.25) is 9.59 Å². The van der Waals surface area contributed by atoms with E-state index >= 15 is 0 Å². The Balaban J connectivity index is 1.79. The van der Waals surface area contributed by atoms with E-state index in [0.717, 1.165) is 12.1 Å². The number of nitrogens with zero attached hydrogens (tertiary/aromatic N) is 1. The van der Waals surface area contributed by atoms with Gasteiger partial charge in [-0.2, -0.15) is 0 Å². The van der Waals surface area contributed by atoms with Gasteiger partial charge < -0.3 is 9.64 Å². The molecule has 0 radical (unpaired) electrons. The Labute approximate surface area is 138 Å². The molecule has 1 aliphatic heterocycles. The van der Waals surface area contributed by atoms with Gasteiger partial charge in [0.1, 0.15) is 0 Å². The van der Waals surface area contributed by atoms with Crippen LogP contribution >= 0.6 is 11.8 Å². The molecule has 7 heteroatoms. The molecule has 1 aliphatic rings. The number of benzene rings is 1. The van der Waals surface area contributed by atoms with E-state index in [2.05, 4.69) is 0 Å². The molecule has 126 valence electrons. The summed E-state index contributed by atoms with van der Waals surface area (Å²) < 4.78 is 31.0. The fraction of sp³-hybridized carbons (Fsp3) is 0.500. The number of rotatable bonds is 5. The summed E-state index contributed by atoms with van der Waals surface area (Å²) in [6.45, 7) is 3.16. The summed E-state index contributed by atoms with van der Waals surface area (Å²) in [5.74, 6) is -2.06. The van der Waals surface area contributed by atoms with Crippen molar-refractivity contribution >= 4 is 23.6 Å². The molecule has 0 aliphatic carbocycles. The molecule has 0 spiro atoms. The maximum absolute atomic E-state index is 13.1. The molecule has 1 aromatic rings. The number of likely N-dealkylation sites (tertiary alicyclic amines) is 1. The van der Waals surface area contributed by atoms with Gasteiger partial charge >= 0.3 is 5.97 Å². The Hall–Kier alpha value is -1.63. The third kappa shape index (κ3) is 4.92. The Morgan fingerprint density at radius 1 is 1.26 bits per heavy atom. The SMILES string of the molecule is CCOC(=O)C1CCN(C(=O)CSc2ccc(F)c(F)c2)CC1. The van der Waals surface area contributed by atoms with E-state index in [0.29, 0.717) is 37.4 Å². The number of ether oxygens (including phenoxy) is 1. The summed E-state index contributed by atoms with van der Waals surface area (Å²) >= 11 is 1.17. The van der Waals surface area contributed by atoms with Crippen molar-refractivity contribution in [2.45, 2.75) is 24.7 Å². The lowest BCUT2D eigenvalue weighted by Crippen LogP contribution is -2.41. The minimum atomic E-state index is -0.919. The number of piperidine rings is 1. The van der Waals surface area contributed by atoms with E-state index < -0.39 is 11.6 Å². The topological polar surface area (TPSA) is 46.6 Å². The summed E-state index contributed by atoms with van der Waals surface area (Å²) in [5, 5.41) is 0. The zero-order chi connectivity index (χ0) is 16.8. The highest BCUT2D eigenvalue weighted by Gasteiger charge is 2.28. The molecule has 1 heterocycles. The molecule has 0 bridgehead atoms. The number of hydrogen-bond acceptors (Lipinski definition) is 4. The average Bonchev–Trinajstić information content (AvgIpc) is 2.56. The van der Waals surface area contributed by atoms with E-state index in [-0.39, 0.29) is 23.5 Å². The van der Waals surface area contributed by atoms with Gasteiger partial charge in [-0.05, 0) is 38.0 Å². The van der Waals surface area contributed by atoms with E-state index in [9.17, 15) is 18.4 Å². The molecule has 23 heavy (non-hydrogen) atoms. The lowest BCUT2D eigenvalue weighted by molar-refractivity contribution is -0.151. The maximum Gasteiger partial charge on any atom is 0.309 e. The second kappa shape index (κ2) is 8.29. The number of esters is 1. The lowest BCUT2D eigenvalue weighted by atomic mass is 9.97. The highest BCUT2D eigenvalue weighted by molar-refractivity contribution is 8.00. The molecular formula is C16H19F2NO3S. The molecule has 0 aromatic heterocycles. The monoisotopic (exact) mass is 343 g/mol. The first-order valence-electron chi connectivity index (χ1n) is 7.53. The van der Waals surface area contributed by atoms with Crippen molar-refractivity contribution in [1.82, 2.24) is 4.90 Å². The van der Waals surface area contributed by atoms with Crippen molar-refractivity contribution in [2.24, 2.45) is 5.92 Å². The van der Waals surface area contributed by atoms with E-state index in [1.807, 2.05) is 0 Å². The van der Waals surface area contributed by atoms with Gasteiger partial charge in [0.15, 0.2) is 11.6 Å². The Morgan fingerprint density at radius 2 is 1.96 bits per heavy atom. The highest BCUT2D eigenvalue weighted by Crippen LogP contribution is 2.23. The predicted molar refractivity (Wildman–Crippen MR) is 83.0 cm³/mol. The van der Waals surface area contributed by atoms with E-state index in [1.165, 1.54) is 17.8 Å². The normalized spacial score (nSPS) is 15.5. The van der Waals surface area contributed by atoms with Crippen LogP contribution < -0.4 is 0 Å². The lowest BCUT2D eigenvalue weighted by Gasteiger charge is -2.30. The third-order valence-electron chi connectivity index (χ3n) is 3.72. The minimum absolute atomic E-state index is 0.0676. The van der Waals surface area contributed by atoms with Gasteiger partial charge in [0.25, 0.3) is 0 Å². The molecule has 4 nitrogen and oxygen atoms in total. The minimum Gasteiger partial charge on any atom is -0.466 e. The van der Waals surface area contributed by atoms with Crippen LogP contribution in [0.2, 0.25) is 0 Å².